The first-order valence-electron chi connectivity index (χ1n) is 6.00. The van der Waals surface area contributed by atoms with E-state index >= 15 is 0 Å². The van der Waals surface area contributed by atoms with Crippen LogP contribution in [0.3, 0.4) is 0 Å². The molecule has 0 aliphatic carbocycles. The van der Waals surface area contributed by atoms with Gasteiger partial charge in [-0.3, -0.25) is 4.90 Å². The average Bonchev–Trinajstić information content (AvgIpc) is 2.94. The van der Waals surface area contributed by atoms with E-state index < -0.39 is 0 Å². The topological polar surface area (TPSA) is 21.7 Å². The molecule has 17 heavy (non-hydrogen) atoms. The van der Waals surface area contributed by atoms with Crippen molar-refractivity contribution < 1.29 is 9.47 Å². The highest BCUT2D eigenvalue weighted by Crippen LogP contribution is 2.33. The van der Waals surface area contributed by atoms with Crippen molar-refractivity contribution in [1.82, 2.24) is 4.90 Å². The molecule has 3 heterocycles. The smallest absolute Gasteiger partial charge is 0.170 e. The number of rotatable bonds is 2. The maximum Gasteiger partial charge on any atom is 0.170 e. The van der Waals surface area contributed by atoms with Gasteiger partial charge in [0.05, 0.1) is 13.2 Å². The molecule has 0 saturated carbocycles. The Morgan fingerprint density at radius 2 is 2.00 bits per heavy atom. The normalized spacial score (nSPS) is 24.5. The van der Waals surface area contributed by atoms with E-state index in [1.807, 2.05) is 11.3 Å². The van der Waals surface area contributed by atoms with Crippen molar-refractivity contribution in [3.63, 3.8) is 0 Å². The summed E-state index contributed by atoms with van der Waals surface area (Å²) in [6.07, 6.45) is 1.99. The van der Waals surface area contributed by atoms with Crippen LogP contribution >= 0.6 is 27.3 Å². The van der Waals surface area contributed by atoms with Gasteiger partial charge in [0.25, 0.3) is 0 Å². The van der Waals surface area contributed by atoms with E-state index in [4.69, 9.17) is 9.47 Å². The van der Waals surface area contributed by atoms with Crippen molar-refractivity contribution in [2.24, 2.45) is 0 Å². The van der Waals surface area contributed by atoms with Crippen LogP contribution in [0.1, 0.15) is 17.7 Å². The summed E-state index contributed by atoms with van der Waals surface area (Å²) in [6, 6.07) is 2.12. The standard InChI is InChI=1S/C12H16BrNO2S/c13-10-1-8-17-11(10)9-14-4-2-12(3-5-14)15-6-7-16-12/h1,8H,2-7,9H2. The van der Waals surface area contributed by atoms with Gasteiger partial charge in [-0.2, -0.15) is 0 Å². The van der Waals surface area contributed by atoms with Crippen molar-refractivity contribution in [2.75, 3.05) is 26.3 Å². The number of thiophene rings is 1. The first kappa shape index (κ1) is 12.1. The van der Waals surface area contributed by atoms with Crippen molar-refractivity contribution in [3.8, 4) is 0 Å². The molecule has 0 aromatic carbocycles. The Morgan fingerprint density at radius 3 is 2.59 bits per heavy atom. The van der Waals surface area contributed by atoms with Gasteiger partial charge in [0, 0.05) is 41.8 Å². The van der Waals surface area contributed by atoms with Gasteiger partial charge in [0.1, 0.15) is 0 Å². The summed E-state index contributed by atoms with van der Waals surface area (Å²) in [7, 11) is 0. The van der Waals surface area contributed by atoms with Crippen LogP contribution in [-0.4, -0.2) is 37.0 Å². The van der Waals surface area contributed by atoms with Gasteiger partial charge in [-0.1, -0.05) is 0 Å². The van der Waals surface area contributed by atoms with Gasteiger partial charge >= 0.3 is 0 Å². The molecule has 0 unspecified atom stereocenters. The second kappa shape index (κ2) is 4.97. The number of hydrogen-bond donors (Lipinski definition) is 0. The molecule has 0 radical (unpaired) electrons. The number of piperidine rings is 1. The van der Waals surface area contributed by atoms with Gasteiger partial charge in [0.15, 0.2) is 5.79 Å². The molecule has 3 nitrogen and oxygen atoms in total. The molecule has 0 atom stereocenters. The van der Waals surface area contributed by atoms with Crippen LogP contribution in [0.25, 0.3) is 0 Å². The fraction of sp³-hybridized carbons (Fsp3) is 0.667. The van der Waals surface area contributed by atoms with Gasteiger partial charge in [-0.15, -0.1) is 11.3 Å². The van der Waals surface area contributed by atoms with Crippen LogP contribution in [0.5, 0.6) is 0 Å². The summed E-state index contributed by atoms with van der Waals surface area (Å²) < 4.78 is 12.7. The fourth-order valence-corrected chi connectivity index (χ4v) is 4.00. The largest absolute Gasteiger partial charge is 0.347 e. The Bertz CT molecular complexity index is 380. The minimum absolute atomic E-state index is 0.247. The third-order valence-electron chi connectivity index (χ3n) is 3.49. The highest BCUT2D eigenvalue weighted by molar-refractivity contribution is 9.10. The van der Waals surface area contributed by atoms with Gasteiger partial charge in [0.2, 0.25) is 0 Å². The van der Waals surface area contributed by atoms with Gasteiger partial charge < -0.3 is 9.47 Å². The molecule has 0 bridgehead atoms. The summed E-state index contributed by atoms with van der Waals surface area (Å²) in [5.74, 6) is -0.247. The maximum atomic E-state index is 5.73. The lowest BCUT2D eigenvalue weighted by atomic mass is 10.0. The first-order valence-corrected chi connectivity index (χ1v) is 7.67. The second-order valence-electron chi connectivity index (χ2n) is 4.58. The highest BCUT2D eigenvalue weighted by atomic mass is 79.9. The molecule has 2 saturated heterocycles. The van der Waals surface area contributed by atoms with Crippen LogP contribution in [0, 0.1) is 0 Å². The molecule has 0 amide bonds. The molecule has 94 valence electrons. The van der Waals surface area contributed by atoms with Crippen LogP contribution in [0.15, 0.2) is 15.9 Å². The summed E-state index contributed by atoms with van der Waals surface area (Å²) in [6.45, 7) is 4.68. The quantitative estimate of drug-likeness (QED) is 0.837. The van der Waals surface area contributed by atoms with Crippen LogP contribution in [0.2, 0.25) is 0 Å². The molecule has 3 rings (SSSR count). The van der Waals surface area contributed by atoms with Crippen LogP contribution in [-0.2, 0) is 16.0 Å². The highest BCUT2D eigenvalue weighted by Gasteiger charge is 2.39. The van der Waals surface area contributed by atoms with Crippen molar-refractivity contribution in [2.45, 2.75) is 25.2 Å². The maximum absolute atomic E-state index is 5.73. The zero-order valence-electron chi connectivity index (χ0n) is 9.65. The molecule has 2 fully saturated rings. The van der Waals surface area contributed by atoms with E-state index in [1.54, 1.807) is 0 Å². The SMILES string of the molecule is Brc1ccsc1CN1CCC2(CC1)OCCO2. The summed E-state index contributed by atoms with van der Waals surface area (Å²) >= 11 is 5.40. The van der Waals surface area contributed by atoms with Crippen molar-refractivity contribution in [1.29, 1.82) is 0 Å². The Balaban J connectivity index is 1.56. The molecule has 1 aromatic rings. The van der Waals surface area contributed by atoms with E-state index in [0.717, 1.165) is 45.7 Å². The summed E-state index contributed by atoms with van der Waals surface area (Å²) in [4.78, 5) is 3.89. The van der Waals surface area contributed by atoms with E-state index in [9.17, 15) is 0 Å². The third kappa shape index (κ3) is 2.58. The molecule has 5 heteroatoms. The van der Waals surface area contributed by atoms with Crippen molar-refractivity contribution >= 4 is 27.3 Å². The van der Waals surface area contributed by atoms with E-state index in [-0.39, 0.29) is 5.79 Å². The predicted octanol–water partition coefficient (Wildman–Crippen LogP) is 2.85. The molecular formula is C12H16BrNO2S. The monoisotopic (exact) mass is 317 g/mol. The average molecular weight is 318 g/mol. The van der Waals surface area contributed by atoms with Crippen molar-refractivity contribution in [3.05, 3.63) is 20.8 Å². The number of hydrogen-bond acceptors (Lipinski definition) is 4. The number of likely N-dealkylation sites (tertiary alicyclic amines) is 1. The minimum atomic E-state index is -0.247. The van der Waals surface area contributed by atoms with Gasteiger partial charge in [-0.25, -0.2) is 0 Å². The Kier molecular flexibility index (Phi) is 3.54. The molecule has 1 spiro atoms. The number of nitrogens with zero attached hydrogens (tertiary/aromatic N) is 1. The first-order chi connectivity index (χ1) is 8.27. The van der Waals surface area contributed by atoms with E-state index in [1.165, 1.54) is 9.35 Å². The van der Waals surface area contributed by atoms with Crippen LogP contribution in [0.4, 0.5) is 0 Å². The molecule has 0 N–H and O–H groups in total. The summed E-state index contributed by atoms with van der Waals surface area (Å²) in [5.41, 5.74) is 0. The van der Waals surface area contributed by atoms with E-state index in [2.05, 4.69) is 32.3 Å². The lowest BCUT2D eigenvalue weighted by Crippen LogP contribution is -2.44. The van der Waals surface area contributed by atoms with Gasteiger partial charge in [-0.05, 0) is 27.4 Å². The number of ether oxygens (including phenoxy) is 2. The zero-order chi connectivity index (χ0) is 11.7. The zero-order valence-corrected chi connectivity index (χ0v) is 12.1. The molecular weight excluding hydrogens is 302 g/mol. The third-order valence-corrected chi connectivity index (χ3v) is 5.40. The molecule has 1 aromatic heterocycles. The number of halogens is 1. The minimum Gasteiger partial charge on any atom is -0.347 e. The van der Waals surface area contributed by atoms with Crippen LogP contribution < -0.4 is 0 Å². The molecule has 2 aliphatic heterocycles. The Morgan fingerprint density at radius 1 is 1.29 bits per heavy atom. The Hall–Kier alpha value is 0.0600. The summed E-state index contributed by atoms with van der Waals surface area (Å²) in [5, 5.41) is 2.13. The fourth-order valence-electron chi connectivity index (χ4n) is 2.48. The lowest BCUT2D eigenvalue weighted by molar-refractivity contribution is -0.185. The molecule has 2 aliphatic rings. The predicted molar refractivity (Wildman–Crippen MR) is 71.2 cm³/mol. The van der Waals surface area contributed by atoms with E-state index in [0.29, 0.717) is 0 Å². The Labute approximate surface area is 114 Å². The second-order valence-corrected chi connectivity index (χ2v) is 6.43. The lowest BCUT2D eigenvalue weighted by Gasteiger charge is -2.37.